The van der Waals surface area contributed by atoms with E-state index in [9.17, 15) is 0 Å². The fraction of sp³-hybridized carbons (Fsp3) is 0.182. The van der Waals surface area contributed by atoms with Crippen LogP contribution in [-0.4, -0.2) is 6.54 Å². The first-order valence-electron chi connectivity index (χ1n) is 4.08. The lowest BCUT2D eigenvalue weighted by Gasteiger charge is -1.96. The molecule has 1 nitrogen and oxygen atoms in total. The molecule has 0 unspecified atom stereocenters. The molecule has 1 heterocycles. The van der Waals surface area contributed by atoms with E-state index in [0.717, 1.165) is 17.5 Å². The summed E-state index contributed by atoms with van der Waals surface area (Å²) in [5.41, 5.74) is 2.28. The Labute approximate surface area is 71.8 Å². The second-order valence-electron chi connectivity index (χ2n) is 3.10. The molecule has 1 heteroatoms. The molecule has 0 saturated carbocycles. The lowest BCUT2D eigenvalue weighted by molar-refractivity contribution is 1.22. The van der Waals surface area contributed by atoms with E-state index in [1.165, 1.54) is 10.8 Å². The second-order valence-corrected chi connectivity index (χ2v) is 3.10. The molecule has 12 heavy (non-hydrogen) atoms. The van der Waals surface area contributed by atoms with Crippen LogP contribution in [0.1, 0.15) is 12.5 Å². The van der Waals surface area contributed by atoms with Gasteiger partial charge in [0, 0.05) is 0 Å². The Morgan fingerprint density at radius 2 is 2.33 bits per heavy atom. The molecule has 0 aliphatic carbocycles. The van der Waals surface area contributed by atoms with Gasteiger partial charge in [0.2, 0.25) is 0 Å². The summed E-state index contributed by atoms with van der Waals surface area (Å²) in [5.74, 6) is 0. The van der Waals surface area contributed by atoms with Gasteiger partial charge in [-0.15, -0.1) is 0 Å². The number of allylic oxidation sites excluding steroid dienone is 1. The van der Waals surface area contributed by atoms with Crippen molar-refractivity contribution in [3.8, 4) is 0 Å². The van der Waals surface area contributed by atoms with Gasteiger partial charge in [0.15, 0.2) is 0 Å². The summed E-state index contributed by atoms with van der Waals surface area (Å²) in [6.45, 7) is 6.74. The van der Waals surface area contributed by atoms with Crippen LogP contribution in [-0.2, 0) is 0 Å². The van der Waals surface area contributed by atoms with Crippen LogP contribution >= 0.6 is 0 Å². The van der Waals surface area contributed by atoms with Crippen LogP contribution in [0, 0.1) is 0 Å². The van der Waals surface area contributed by atoms with Crippen molar-refractivity contribution in [1.29, 1.82) is 0 Å². The highest BCUT2D eigenvalue weighted by molar-refractivity contribution is 5.61. The van der Waals surface area contributed by atoms with E-state index >= 15 is 0 Å². The zero-order valence-electron chi connectivity index (χ0n) is 7.17. The van der Waals surface area contributed by atoms with Crippen LogP contribution in [0.15, 0.2) is 29.8 Å². The average molecular weight is 157 g/mol. The molecule has 1 aliphatic rings. The van der Waals surface area contributed by atoms with Crippen LogP contribution in [0.5, 0.6) is 0 Å². The van der Waals surface area contributed by atoms with Gasteiger partial charge in [0.25, 0.3) is 0 Å². The number of rotatable bonds is 1. The molecule has 0 fully saturated rings. The third-order valence-electron chi connectivity index (χ3n) is 2.10. The number of hydrogen-bond acceptors (Lipinski definition) is 1. The van der Waals surface area contributed by atoms with Gasteiger partial charge in [0.1, 0.15) is 0 Å². The first-order chi connectivity index (χ1) is 5.77. The van der Waals surface area contributed by atoms with E-state index < -0.39 is 0 Å². The summed E-state index contributed by atoms with van der Waals surface area (Å²) in [5, 5.41) is 2.36. The van der Waals surface area contributed by atoms with Crippen LogP contribution < -0.4 is 10.6 Å². The minimum atomic E-state index is 0.828. The van der Waals surface area contributed by atoms with E-state index in [4.69, 9.17) is 0 Å². The topological polar surface area (TPSA) is 12.4 Å². The summed E-state index contributed by atoms with van der Waals surface area (Å²) in [6.07, 6.45) is 2.14. The molecule has 0 atom stereocenters. The molecule has 0 bridgehead atoms. The Kier molecular flexibility index (Phi) is 1.58. The largest absolute Gasteiger partial charge is 0.281 e. The summed E-state index contributed by atoms with van der Waals surface area (Å²) < 4.78 is 0. The SMILES string of the molecule is C=C(C)c1ccc2c(c1)=NCC=2. The molecule has 0 spiro atoms. The Bertz CT molecular complexity index is 441. The summed E-state index contributed by atoms with van der Waals surface area (Å²) in [6, 6.07) is 6.30. The van der Waals surface area contributed by atoms with Crippen molar-refractivity contribution in [2.75, 3.05) is 6.54 Å². The van der Waals surface area contributed by atoms with Gasteiger partial charge in [0.05, 0.1) is 11.9 Å². The van der Waals surface area contributed by atoms with E-state index in [0.29, 0.717) is 0 Å². The van der Waals surface area contributed by atoms with E-state index in [-0.39, 0.29) is 0 Å². The number of fused-ring (bicyclic) bond motifs is 1. The lowest BCUT2D eigenvalue weighted by Crippen LogP contribution is -2.21. The Morgan fingerprint density at radius 1 is 1.50 bits per heavy atom. The highest BCUT2D eigenvalue weighted by atomic mass is 14.7. The van der Waals surface area contributed by atoms with Crippen LogP contribution in [0.25, 0.3) is 11.6 Å². The highest BCUT2D eigenvalue weighted by Crippen LogP contribution is 2.06. The maximum absolute atomic E-state index is 4.35. The predicted octanol–water partition coefficient (Wildman–Crippen LogP) is 1.13. The quantitative estimate of drug-likeness (QED) is 0.579. The predicted molar refractivity (Wildman–Crippen MR) is 51.3 cm³/mol. The Morgan fingerprint density at radius 3 is 3.08 bits per heavy atom. The van der Waals surface area contributed by atoms with Crippen molar-refractivity contribution in [3.63, 3.8) is 0 Å². The fourth-order valence-electron chi connectivity index (χ4n) is 1.36. The molecule has 1 aliphatic heterocycles. The van der Waals surface area contributed by atoms with Gasteiger partial charge in [-0.1, -0.05) is 30.4 Å². The zero-order valence-corrected chi connectivity index (χ0v) is 7.17. The Balaban J connectivity index is 2.69. The number of hydrogen-bond donors (Lipinski definition) is 0. The van der Waals surface area contributed by atoms with Crippen LogP contribution in [0.4, 0.5) is 0 Å². The van der Waals surface area contributed by atoms with Crippen LogP contribution in [0.3, 0.4) is 0 Å². The van der Waals surface area contributed by atoms with Crippen molar-refractivity contribution >= 4 is 11.6 Å². The van der Waals surface area contributed by atoms with Crippen molar-refractivity contribution in [3.05, 3.63) is 40.9 Å². The maximum atomic E-state index is 4.35. The first kappa shape index (κ1) is 7.29. The van der Waals surface area contributed by atoms with Crippen molar-refractivity contribution in [1.82, 2.24) is 0 Å². The monoisotopic (exact) mass is 157 g/mol. The Hall–Kier alpha value is -1.37. The van der Waals surface area contributed by atoms with Gasteiger partial charge in [-0.25, -0.2) is 0 Å². The highest BCUT2D eigenvalue weighted by Gasteiger charge is 1.97. The molecule has 0 amide bonds. The summed E-state index contributed by atoms with van der Waals surface area (Å²) in [4.78, 5) is 4.35. The third-order valence-corrected chi connectivity index (χ3v) is 2.10. The van der Waals surface area contributed by atoms with Gasteiger partial charge in [-0.3, -0.25) is 4.99 Å². The van der Waals surface area contributed by atoms with Crippen molar-refractivity contribution in [2.24, 2.45) is 4.99 Å². The summed E-state index contributed by atoms with van der Waals surface area (Å²) >= 11 is 0. The smallest absolute Gasteiger partial charge is 0.0653 e. The van der Waals surface area contributed by atoms with E-state index in [1.54, 1.807) is 0 Å². The van der Waals surface area contributed by atoms with Gasteiger partial charge >= 0.3 is 0 Å². The fourth-order valence-corrected chi connectivity index (χ4v) is 1.36. The minimum absolute atomic E-state index is 0.828. The molecule has 1 aromatic carbocycles. The average Bonchev–Trinajstić information content (AvgIpc) is 2.49. The van der Waals surface area contributed by atoms with Crippen molar-refractivity contribution < 1.29 is 0 Å². The molecular weight excluding hydrogens is 146 g/mol. The second kappa shape index (κ2) is 2.59. The van der Waals surface area contributed by atoms with Crippen LogP contribution in [0.2, 0.25) is 0 Å². The van der Waals surface area contributed by atoms with E-state index in [1.807, 2.05) is 6.92 Å². The standard InChI is InChI=1S/C11H11N/c1-8(2)10-4-3-9-5-6-12-11(9)7-10/h3-5,7H,1,6H2,2H3. The molecule has 0 aromatic heterocycles. The van der Waals surface area contributed by atoms with Crippen molar-refractivity contribution in [2.45, 2.75) is 6.92 Å². The maximum Gasteiger partial charge on any atom is 0.0653 e. The molecule has 2 rings (SSSR count). The molecule has 0 saturated heterocycles. The van der Waals surface area contributed by atoms with Gasteiger partial charge in [-0.2, -0.15) is 0 Å². The molecule has 0 radical (unpaired) electrons. The first-order valence-corrected chi connectivity index (χ1v) is 4.08. The van der Waals surface area contributed by atoms with Gasteiger partial charge in [-0.05, 0) is 23.8 Å². The number of benzene rings is 1. The zero-order chi connectivity index (χ0) is 8.55. The molecule has 1 aromatic rings. The lowest BCUT2D eigenvalue weighted by atomic mass is 10.1. The van der Waals surface area contributed by atoms with E-state index in [2.05, 4.69) is 35.8 Å². The minimum Gasteiger partial charge on any atom is -0.281 e. The molecule has 0 N–H and O–H groups in total. The number of nitrogens with zero attached hydrogens (tertiary/aromatic N) is 1. The normalized spacial score (nSPS) is 13.1. The van der Waals surface area contributed by atoms with Gasteiger partial charge < -0.3 is 0 Å². The third kappa shape index (κ3) is 1.07. The molecule has 60 valence electrons. The molecular formula is C11H11N. The summed E-state index contributed by atoms with van der Waals surface area (Å²) in [7, 11) is 0.